The molecule has 1 aromatic rings. The molecule has 0 aliphatic carbocycles. The molecule has 1 aromatic carbocycles. The molecule has 104 valence electrons. The zero-order chi connectivity index (χ0) is 14.7. The summed E-state index contributed by atoms with van der Waals surface area (Å²) >= 11 is 3.40. The Morgan fingerprint density at radius 3 is 2.26 bits per heavy atom. The van der Waals surface area contributed by atoms with E-state index in [1.165, 1.54) is 0 Å². The molecule has 1 atom stereocenters. The maximum absolute atomic E-state index is 12.2. The molecule has 0 fully saturated rings. The molecule has 0 heterocycles. The molecular formula is C14H18BrNO3. The summed E-state index contributed by atoms with van der Waals surface area (Å²) in [6, 6.07) is 2.74. The topological polar surface area (TPSA) is 66.4 Å². The van der Waals surface area contributed by atoms with E-state index in [0.717, 1.165) is 15.6 Å². The van der Waals surface area contributed by atoms with Crippen LogP contribution in [0.5, 0.6) is 0 Å². The molecule has 0 radical (unpaired) electrons. The van der Waals surface area contributed by atoms with Crippen LogP contribution >= 0.6 is 15.9 Å². The molecule has 0 aliphatic heterocycles. The van der Waals surface area contributed by atoms with Gasteiger partial charge in [-0.05, 0) is 43.0 Å². The van der Waals surface area contributed by atoms with Crippen LogP contribution in [0.2, 0.25) is 0 Å². The van der Waals surface area contributed by atoms with Gasteiger partial charge in [0.1, 0.15) is 6.04 Å². The summed E-state index contributed by atoms with van der Waals surface area (Å²) in [5.74, 6) is -1.54. The van der Waals surface area contributed by atoms with Gasteiger partial charge < -0.3 is 10.4 Å². The van der Waals surface area contributed by atoms with Gasteiger partial charge in [0.25, 0.3) is 5.91 Å². The fourth-order valence-electron chi connectivity index (χ4n) is 1.76. The van der Waals surface area contributed by atoms with Crippen molar-refractivity contribution in [3.63, 3.8) is 0 Å². The normalized spacial score (nSPS) is 12.3. The van der Waals surface area contributed by atoms with Gasteiger partial charge in [0.2, 0.25) is 0 Å². The molecule has 0 aliphatic rings. The number of aryl methyl sites for hydroxylation is 2. The standard InChI is InChI=1S/C14H18BrNO3/c1-7(2)12(14(18)19)16-13(17)10-5-9(4)11(15)6-8(10)3/h5-7,12H,1-4H3,(H,16,17)(H,18,19)/t12-/m1/s1. The minimum Gasteiger partial charge on any atom is -0.480 e. The number of hydrogen-bond donors (Lipinski definition) is 2. The lowest BCUT2D eigenvalue weighted by atomic mass is 10.0. The average molecular weight is 328 g/mol. The largest absolute Gasteiger partial charge is 0.480 e. The van der Waals surface area contributed by atoms with Gasteiger partial charge in [-0.15, -0.1) is 0 Å². The Balaban J connectivity index is 3.01. The van der Waals surface area contributed by atoms with Crippen molar-refractivity contribution in [2.75, 3.05) is 0 Å². The van der Waals surface area contributed by atoms with Crippen LogP contribution in [-0.2, 0) is 4.79 Å². The first-order chi connectivity index (χ1) is 8.73. The zero-order valence-electron chi connectivity index (χ0n) is 11.5. The predicted octanol–water partition coefficient (Wildman–Crippen LogP) is 2.90. The highest BCUT2D eigenvalue weighted by Crippen LogP contribution is 2.21. The summed E-state index contributed by atoms with van der Waals surface area (Å²) in [7, 11) is 0. The number of aliphatic carboxylic acids is 1. The highest BCUT2D eigenvalue weighted by atomic mass is 79.9. The van der Waals surface area contributed by atoms with Crippen LogP contribution in [0.4, 0.5) is 0 Å². The Labute approximate surface area is 121 Å². The van der Waals surface area contributed by atoms with Gasteiger partial charge in [-0.1, -0.05) is 29.8 Å². The molecule has 1 rings (SSSR count). The number of carboxylic acids is 1. The van der Waals surface area contributed by atoms with E-state index >= 15 is 0 Å². The van der Waals surface area contributed by atoms with Gasteiger partial charge in [0.15, 0.2) is 0 Å². The highest BCUT2D eigenvalue weighted by Gasteiger charge is 2.24. The lowest BCUT2D eigenvalue weighted by Gasteiger charge is -2.19. The molecule has 1 amide bonds. The number of benzene rings is 1. The van der Waals surface area contributed by atoms with Gasteiger partial charge in [0.05, 0.1) is 0 Å². The van der Waals surface area contributed by atoms with E-state index in [-0.39, 0.29) is 11.8 Å². The lowest BCUT2D eigenvalue weighted by Crippen LogP contribution is -2.44. The first-order valence-electron chi connectivity index (χ1n) is 6.04. The third-order valence-electron chi connectivity index (χ3n) is 2.97. The van der Waals surface area contributed by atoms with E-state index in [1.54, 1.807) is 19.9 Å². The van der Waals surface area contributed by atoms with Gasteiger partial charge in [-0.3, -0.25) is 4.79 Å². The molecule has 0 unspecified atom stereocenters. The second-order valence-electron chi connectivity index (χ2n) is 4.95. The Morgan fingerprint density at radius 1 is 1.21 bits per heavy atom. The fraction of sp³-hybridized carbons (Fsp3) is 0.429. The molecule has 0 spiro atoms. The van der Waals surface area contributed by atoms with Crippen molar-refractivity contribution < 1.29 is 14.7 Å². The van der Waals surface area contributed by atoms with Crippen LogP contribution in [0.3, 0.4) is 0 Å². The maximum atomic E-state index is 12.2. The number of carboxylic acid groups (broad SMARTS) is 1. The van der Waals surface area contributed by atoms with Gasteiger partial charge in [0, 0.05) is 10.0 Å². The first-order valence-corrected chi connectivity index (χ1v) is 6.83. The molecular weight excluding hydrogens is 310 g/mol. The van der Waals surface area contributed by atoms with Crippen LogP contribution in [-0.4, -0.2) is 23.0 Å². The zero-order valence-corrected chi connectivity index (χ0v) is 13.0. The number of hydrogen-bond acceptors (Lipinski definition) is 2. The highest BCUT2D eigenvalue weighted by molar-refractivity contribution is 9.10. The monoisotopic (exact) mass is 327 g/mol. The lowest BCUT2D eigenvalue weighted by molar-refractivity contribution is -0.140. The number of amides is 1. The maximum Gasteiger partial charge on any atom is 0.326 e. The Bertz CT molecular complexity index is 512. The third-order valence-corrected chi connectivity index (χ3v) is 3.82. The van der Waals surface area contributed by atoms with Crippen LogP contribution in [0.1, 0.15) is 35.3 Å². The number of halogens is 1. The molecule has 0 aromatic heterocycles. The Hall–Kier alpha value is -1.36. The van der Waals surface area contributed by atoms with Crippen molar-refractivity contribution in [1.29, 1.82) is 0 Å². The number of carbonyl (C=O) groups is 2. The summed E-state index contributed by atoms with van der Waals surface area (Å²) in [4.78, 5) is 23.3. The fourth-order valence-corrected chi connectivity index (χ4v) is 2.22. The van der Waals surface area contributed by atoms with Crippen molar-refractivity contribution >= 4 is 27.8 Å². The Morgan fingerprint density at radius 2 is 1.79 bits per heavy atom. The molecule has 5 heteroatoms. The smallest absolute Gasteiger partial charge is 0.326 e. The molecule has 2 N–H and O–H groups in total. The van der Waals surface area contributed by atoms with Gasteiger partial charge in [-0.25, -0.2) is 4.79 Å². The quantitative estimate of drug-likeness (QED) is 0.893. The minimum absolute atomic E-state index is 0.168. The summed E-state index contributed by atoms with van der Waals surface area (Å²) in [5.41, 5.74) is 2.25. The van der Waals surface area contributed by atoms with E-state index in [1.807, 2.05) is 19.9 Å². The predicted molar refractivity (Wildman–Crippen MR) is 77.3 cm³/mol. The summed E-state index contributed by atoms with van der Waals surface area (Å²) in [6.45, 7) is 7.24. The van der Waals surface area contributed by atoms with Crippen LogP contribution < -0.4 is 5.32 Å². The summed E-state index contributed by atoms with van der Waals surface area (Å²) in [6.07, 6.45) is 0. The van der Waals surface area contributed by atoms with Crippen LogP contribution in [0, 0.1) is 19.8 Å². The van der Waals surface area contributed by atoms with Crippen molar-refractivity contribution in [3.05, 3.63) is 33.3 Å². The molecule has 0 saturated heterocycles. The van der Waals surface area contributed by atoms with E-state index in [9.17, 15) is 9.59 Å². The van der Waals surface area contributed by atoms with Crippen molar-refractivity contribution in [1.82, 2.24) is 5.32 Å². The average Bonchev–Trinajstić information content (AvgIpc) is 2.29. The van der Waals surface area contributed by atoms with E-state index in [2.05, 4.69) is 21.2 Å². The third kappa shape index (κ3) is 3.80. The van der Waals surface area contributed by atoms with Crippen LogP contribution in [0.25, 0.3) is 0 Å². The molecule has 4 nitrogen and oxygen atoms in total. The van der Waals surface area contributed by atoms with Crippen LogP contribution in [0.15, 0.2) is 16.6 Å². The molecule has 19 heavy (non-hydrogen) atoms. The van der Waals surface area contributed by atoms with Crippen molar-refractivity contribution in [2.24, 2.45) is 5.92 Å². The number of rotatable bonds is 4. The number of nitrogens with one attached hydrogen (secondary N) is 1. The van der Waals surface area contributed by atoms with E-state index in [0.29, 0.717) is 5.56 Å². The summed E-state index contributed by atoms with van der Waals surface area (Å²) < 4.78 is 0.931. The van der Waals surface area contributed by atoms with Crippen molar-refractivity contribution in [2.45, 2.75) is 33.7 Å². The Kier molecular flexibility index (Phi) is 5.11. The summed E-state index contributed by atoms with van der Waals surface area (Å²) in [5, 5.41) is 11.7. The first kappa shape index (κ1) is 15.7. The van der Waals surface area contributed by atoms with E-state index in [4.69, 9.17) is 5.11 Å². The van der Waals surface area contributed by atoms with Crippen molar-refractivity contribution in [3.8, 4) is 0 Å². The molecule has 0 saturated carbocycles. The SMILES string of the molecule is Cc1cc(C(=O)N[C@@H](C(=O)O)C(C)C)c(C)cc1Br. The van der Waals surface area contributed by atoms with E-state index < -0.39 is 12.0 Å². The second kappa shape index (κ2) is 6.19. The van der Waals surface area contributed by atoms with Gasteiger partial charge >= 0.3 is 5.97 Å². The molecule has 0 bridgehead atoms. The minimum atomic E-state index is -1.02. The second-order valence-corrected chi connectivity index (χ2v) is 5.80. The van der Waals surface area contributed by atoms with Gasteiger partial charge in [-0.2, -0.15) is 0 Å². The number of carbonyl (C=O) groups excluding carboxylic acids is 1.